The molecule has 3 heteroatoms. The summed E-state index contributed by atoms with van der Waals surface area (Å²) in [6.07, 6.45) is 0. The molecule has 0 aliphatic carbocycles. The minimum atomic E-state index is 0.0612. The molecular formula is C14H19BrN2. The molecule has 2 nitrogen and oxygen atoms in total. The fourth-order valence-corrected chi connectivity index (χ4v) is 2.44. The van der Waals surface area contributed by atoms with Crippen LogP contribution in [0, 0.1) is 24.2 Å². The van der Waals surface area contributed by atoms with Gasteiger partial charge in [0.15, 0.2) is 0 Å². The Morgan fingerprint density at radius 3 is 2.65 bits per heavy atom. The zero-order chi connectivity index (χ0) is 12.8. The summed E-state index contributed by atoms with van der Waals surface area (Å²) >= 11 is 3.48. The van der Waals surface area contributed by atoms with Gasteiger partial charge in [0.05, 0.1) is 12.0 Å². The summed E-state index contributed by atoms with van der Waals surface area (Å²) in [7, 11) is 0. The van der Waals surface area contributed by atoms with E-state index < -0.39 is 0 Å². The van der Waals surface area contributed by atoms with Gasteiger partial charge in [-0.25, -0.2) is 0 Å². The number of benzene rings is 1. The maximum absolute atomic E-state index is 8.88. The van der Waals surface area contributed by atoms with Gasteiger partial charge >= 0.3 is 0 Å². The highest BCUT2D eigenvalue weighted by Crippen LogP contribution is 2.21. The van der Waals surface area contributed by atoms with Gasteiger partial charge in [0.1, 0.15) is 0 Å². The van der Waals surface area contributed by atoms with Gasteiger partial charge < -0.3 is 4.90 Å². The monoisotopic (exact) mass is 294 g/mol. The Labute approximate surface area is 112 Å². The van der Waals surface area contributed by atoms with Gasteiger partial charge in [0, 0.05) is 24.1 Å². The quantitative estimate of drug-likeness (QED) is 0.771. The van der Waals surface area contributed by atoms with Crippen LogP contribution in [0.4, 0.5) is 5.69 Å². The Balaban J connectivity index is 2.89. The van der Waals surface area contributed by atoms with Crippen LogP contribution in [0.2, 0.25) is 0 Å². The van der Waals surface area contributed by atoms with Gasteiger partial charge in [-0.2, -0.15) is 5.26 Å². The number of hydrogen-bond acceptors (Lipinski definition) is 2. The number of nitriles is 1. The lowest BCUT2D eigenvalue weighted by Crippen LogP contribution is -2.27. The fourth-order valence-electron chi connectivity index (χ4n) is 1.82. The minimum Gasteiger partial charge on any atom is -0.370 e. The molecule has 1 atom stereocenters. The summed E-state index contributed by atoms with van der Waals surface area (Å²) in [5.41, 5.74) is 3.82. The highest BCUT2D eigenvalue weighted by molar-refractivity contribution is 9.08. The molecule has 0 aromatic heterocycles. The van der Waals surface area contributed by atoms with Crippen LogP contribution in [0.3, 0.4) is 0 Å². The van der Waals surface area contributed by atoms with E-state index in [1.54, 1.807) is 0 Å². The van der Waals surface area contributed by atoms with Crippen molar-refractivity contribution in [3.05, 3.63) is 29.3 Å². The summed E-state index contributed by atoms with van der Waals surface area (Å²) in [4.78, 5) is 2.25. The zero-order valence-electron chi connectivity index (χ0n) is 10.7. The van der Waals surface area contributed by atoms with E-state index >= 15 is 0 Å². The molecule has 0 saturated carbocycles. The van der Waals surface area contributed by atoms with Crippen LogP contribution in [0.1, 0.15) is 25.0 Å². The van der Waals surface area contributed by atoms with E-state index in [0.29, 0.717) is 0 Å². The molecule has 0 bridgehead atoms. The molecule has 0 aliphatic rings. The third kappa shape index (κ3) is 3.74. The van der Waals surface area contributed by atoms with Crippen LogP contribution in [0.5, 0.6) is 0 Å². The van der Waals surface area contributed by atoms with E-state index in [0.717, 1.165) is 18.4 Å². The highest BCUT2D eigenvalue weighted by Gasteiger charge is 2.09. The van der Waals surface area contributed by atoms with Crippen molar-refractivity contribution < 1.29 is 0 Å². The summed E-state index contributed by atoms with van der Waals surface area (Å²) in [6.45, 7) is 7.93. The second kappa shape index (κ2) is 6.66. The molecular weight excluding hydrogens is 276 g/mol. The molecule has 1 aromatic rings. The molecule has 0 saturated heterocycles. The first-order valence-electron chi connectivity index (χ1n) is 5.92. The number of alkyl halides is 1. The molecule has 17 heavy (non-hydrogen) atoms. The maximum atomic E-state index is 8.88. The Hall–Kier alpha value is -1.01. The first-order valence-corrected chi connectivity index (χ1v) is 7.04. The number of aryl methyl sites for hydroxylation is 1. The number of rotatable bonds is 5. The second-order valence-corrected chi connectivity index (χ2v) is 4.87. The van der Waals surface area contributed by atoms with Gasteiger partial charge in [0.2, 0.25) is 0 Å². The van der Waals surface area contributed by atoms with E-state index in [-0.39, 0.29) is 5.92 Å². The Kier molecular flexibility index (Phi) is 5.50. The maximum Gasteiger partial charge on any atom is 0.0671 e. The molecule has 1 rings (SSSR count). The largest absolute Gasteiger partial charge is 0.370 e. The van der Waals surface area contributed by atoms with Crippen molar-refractivity contribution in [1.29, 1.82) is 5.26 Å². The van der Waals surface area contributed by atoms with E-state index in [4.69, 9.17) is 5.26 Å². The van der Waals surface area contributed by atoms with Crippen molar-refractivity contribution in [2.24, 2.45) is 5.92 Å². The summed E-state index contributed by atoms with van der Waals surface area (Å²) < 4.78 is 0. The molecule has 0 aliphatic heterocycles. The van der Waals surface area contributed by atoms with Crippen LogP contribution >= 0.6 is 15.9 Å². The van der Waals surface area contributed by atoms with Gasteiger partial charge in [0.25, 0.3) is 0 Å². The van der Waals surface area contributed by atoms with E-state index in [1.165, 1.54) is 16.8 Å². The number of halogens is 1. The molecule has 1 aromatic carbocycles. The lowest BCUT2D eigenvalue weighted by molar-refractivity contribution is 0.686. The fraction of sp³-hybridized carbons (Fsp3) is 0.500. The van der Waals surface area contributed by atoms with Gasteiger partial charge in [-0.05, 0) is 44.0 Å². The van der Waals surface area contributed by atoms with Crippen LogP contribution in [-0.2, 0) is 5.33 Å². The number of anilines is 1. The number of nitrogens with zero attached hydrogens (tertiary/aromatic N) is 2. The highest BCUT2D eigenvalue weighted by atomic mass is 79.9. The Morgan fingerprint density at radius 2 is 2.18 bits per heavy atom. The second-order valence-electron chi connectivity index (χ2n) is 4.31. The average Bonchev–Trinajstić information content (AvgIpc) is 2.35. The van der Waals surface area contributed by atoms with Crippen LogP contribution in [0.25, 0.3) is 0 Å². The summed E-state index contributed by atoms with van der Waals surface area (Å²) in [5, 5.41) is 9.77. The third-order valence-corrected chi connectivity index (χ3v) is 3.54. The summed E-state index contributed by atoms with van der Waals surface area (Å²) in [6, 6.07) is 8.77. The molecule has 1 unspecified atom stereocenters. The van der Waals surface area contributed by atoms with Crippen molar-refractivity contribution in [3.63, 3.8) is 0 Å². The zero-order valence-corrected chi connectivity index (χ0v) is 12.3. The molecule has 0 radical (unpaired) electrons. The lowest BCUT2D eigenvalue weighted by atomic mass is 10.1. The van der Waals surface area contributed by atoms with Crippen LogP contribution in [-0.4, -0.2) is 13.1 Å². The average molecular weight is 295 g/mol. The predicted octanol–water partition coefficient (Wildman–Crippen LogP) is 3.88. The molecule has 0 N–H and O–H groups in total. The molecule has 0 fully saturated rings. The van der Waals surface area contributed by atoms with Crippen molar-refractivity contribution >= 4 is 21.6 Å². The van der Waals surface area contributed by atoms with Crippen molar-refractivity contribution in [2.45, 2.75) is 26.1 Å². The van der Waals surface area contributed by atoms with Crippen molar-refractivity contribution in [1.82, 2.24) is 0 Å². The van der Waals surface area contributed by atoms with Gasteiger partial charge in [-0.15, -0.1) is 0 Å². The van der Waals surface area contributed by atoms with E-state index in [2.05, 4.69) is 58.9 Å². The molecule has 0 heterocycles. The first-order chi connectivity index (χ1) is 8.12. The van der Waals surface area contributed by atoms with E-state index in [9.17, 15) is 0 Å². The van der Waals surface area contributed by atoms with Crippen LogP contribution < -0.4 is 4.90 Å². The molecule has 0 amide bonds. The third-order valence-electron chi connectivity index (χ3n) is 2.93. The van der Waals surface area contributed by atoms with Gasteiger partial charge in [-0.3, -0.25) is 0 Å². The van der Waals surface area contributed by atoms with Crippen LogP contribution in [0.15, 0.2) is 18.2 Å². The lowest BCUT2D eigenvalue weighted by Gasteiger charge is -2.25. The van der Waals surface area contributed by atoms with Gasteiger partial charge in [-0.1, -0.05) is 22.0 Å². The first kappa shape index (κ1) is 14.1. The predicted molar refractivity (Wildman–Crippen MR) is 76.5 cm³/mol. The Morgan fingerprint density at radius 1 is 1.47 bits per heavy atom. The normalized spacial score (nSPS) is 11.9. The van der Waals surface area contributed by atoms with E-state index in [1.807, 2.05) is 6.92 Å². The SMILES string of the molecule is CCN(CC(C)C#N)c1ccc(CBr)c(C)c1. The Bertz CT molecular complexity index is 409. The summed E-state index contributed by atoms with van der Waals surface area (Å²) in [5.74, 6) is 0.0612. The molecule has 0 spiro atoms. The molecule has 92 valence electrons. The smallest absolute Gasteiger partial charge is 0.0671 e. The minimum absolute atomic E-state index is 0.0612. The standard InChI is InChI=1S/C14H19BrN2/c1-4-17(10-11(2)9-16)14-6-5-13(8-15)12(3)7-14/h5-7,11H,4,8,10H2,1-3H3. The van der Waals surface area contributed by atoms with Crippen molar-refractivity contribution in [3.8, 4) is 6.07 Å². The topological polar surface area (TPSA) is 27.0 Å². The van der Waals surface area contributed by atoms with Crippen molar-refractivity contribution in [2.75, 3.05) is 18.0 Å². The number of hydrogen-bond donors (Lipinski definition) is 0.